The first-order chi connectivity index (χ1) is 7.17. The zero-order chi connectivity index (χ0) is 11.0. The highest BCUT2D eigenvalue weighted by molar-refractivity contribution is 5.46. The number of ether oxygens (including phenoxy) is 1. The highest BCUT2D eigenvalue weighted by Crippen LogP contribution is 2.39. The molecule has 0 saturated heterocycles. The number of aryl methyl sites for hydroxylation is 2. The Bertz CT molecular complexity index is 373. The van der Waals surface area contributed by atoms with E-state index < -0.39 is 0 Å². The van der Waals surface area contributed by atoms with Crippen molar-refractivity contribution in [2.45, 2.75) is 39.3 Å². The van der Waals surface area contributed by atoms with Gasteiger partial charge in [-0.1, -0.05) is 13.0 Å². The van der Waals surface area contributed by atoms with E-state index in [4.69, 9.17) is 4.74 Å². The van der Waals surface area contributed by atoms with Crippen LogP contribution in [0.25, 0.3) is 0 Å². The molecule has 1 aliphatic heterocycles. The number of fused-ring (bicyclic) bond motifs is 1. The van der Waals surface area contributed by atoms with Crippen molar-refractivity contribution in [3.05, 3.63) is 28.8 Å². The van der Waals surface area contributed by atoms with Crippen molar-refractivity contribution in [1.82, 2.24) is 5.32 Å². The van der Waals surface area contributed by atoms with Crippen molar-refractivity contribution in [3.8, 4) is 5.75 Å². The Morgan fingerprint density at radius 3 is 2.53 bits per heavy atom. The molecule has 15 heavy (non-hydrogen) atoms. The van der Waals surface area contributed by atoms with Crippen molar-refractivity contribution >= 4 is 0 Å². The first kappa shape index (κ1) is 10.5. The normalized spacial score (nSPS) is 23.7. The first-order valence-electron chi connectivity index (χ1n) is 5.62. The summed E-state index contributed by atoms with van der Waals surface area (Å²) < 4.78 is 5.93. The molecule has 1 heterocycles. The SMILES string of the molecule is CCC1Oc2cc(C)c(C)cc2C1NC. The topological polar surface area (TPSA) is 21.3 Å². The van der Waals surface area contributed by atoms with Gasteiger partial charge in [0.2, 0.25) is 0 Å². The number of hydrogen-bond acceptors (Lipinski definition) is 2. The summed E-state index contributed by atoms with van der Waals surface area (Å²) in [5.74, 6) is 1.06. The molecule has 2 rings (SSSR count). The summed E-state index contributed by atoms with van der Waals surface area (Å²) in [6, 6.07) is 4.76. The minimum atomic E-state index is 0.284. The van der Waals surface area contributed by atoms with E-state index in [1.54, 1.807) is 0 Å². The molecular weight excluding hydrogens is 186 g/mol. The van der Waals surface area contributed by atoms with Crippen molar-refractivity contribution in [1.29, 1.82) is 0 Å². The lowest BCUT2D eigenvalue weighted by Crippen LogP contribution is -2.27. The third kappa shape index (κ3) is 1.63. The minimum absolute atomic E-state index is 0.284. The van der Waals surface area contributed by atoms with Crippen LogP contribution in [0.1, 0.15) is 36.1 Å². The van der Waals surface area contributed by atoms with Crippen LogP contribution < -0.4 is 10.1 Å². The molecule has 2 nitrogen and oxygen atoms in total. The van der Waals surface area contributed by atoms with Gasteiger partial charge in [-0.05, 0) is 44.5 Å². The Kier molecular flexibility index (Phi) is 2.70. The van der Waals surface area contributed by atoms with Gasteiger partial charge in [-0.2, -0.15) is 0 Å². The zero-order valence-corrected chi connectivity index (χ0v) is 9.92. The summed E-state index contributed by atoms with van der Waals surface area (Å²) >= 11 is 0. The minimum Gasteiger partial charge on any atom is -0.488 e. The van der Waals surface area contributed by atoms with E-state index in [2.05, 4.69) is 38.2 Å². The maximum atomic E-state index is 5.93. The van der Waals surface area contributed by atoms with Crippen LogP contribution in [0.15, 0.2) is 12.1 Å². The highest BCUT2D eigenvalue weighted by atomic mass is 16.5. The quantitative estimate of drug-likeness (QED) is 0.801. The fourth-order valence-electron chi connectivity index (χ4n) is 2.25. The molecule has 0 saturated carbocycles. The molecule has 1 aliphatic rings. The molecule has 0 spiro atoms. The van der Waals surface area contributed by atoms with Gasteiger partial charge in [0, 0.05) is 5.56 Å². The second-order valence-corrected chi connectivity index (χ2v) is 4.31. The van der Waals surface area contributed by atoms with Crippen molar-refractivity contribution < 1.29 is 4.74 Å². The number of nitrogens with one attached hydrogen (secondary N) is 1. The van der Waals surface area contributed by atoms with Crippen molar-refractivity contribution in [2.75, 3.05) is 7.05 Å². The summed E-state index contributed by atoms with van der Waals surface area (Å²) in [4.78, 5) is 0. The van der Waals surface area contributed by atoms with Crippen LogP contribution in [-0.4, -0.2) is 13.2 Å². The van der Waals surface area contributed by atoms with E-state index in [-0.39, 0.29) is 6.10 Å². The van der Waals surface area contributed by atoms with Gasteiger partial charge in [0.15, 0.2) is 0 Å². The third-order valence-electron chi connectivity index (χ3n) is 3.32. The second kappa shape index (κ2) is 3.86. The number of hydrogen-bond donors (Lipinski definition) is 1. The Morgan fingerprint density at radius 1 is 1.27 bits per heavy atom. The Balaban J connectivity index is 2.44. The number of benzene rings is 1. The fraction of sp³-hybridized carbons (Fsp3) is 0.538. The van der Waals surface area contributed by atoms with Crippen molar-refractivity contribution in [3.63, 3.8) is 0 Å². The van der Waals surface area contributed by atoms with Crippen LogP contribution >= 0.6 is 0 Å². The van der Waals surface area contributed by atoms with E-state index >= 15 is 0 Å². The molecule has 2 heteroatoms. The van der Waals surface area contributed by atoms with E-state index in [9.17, 15) is 0 Å². The van der Waals surface area contributed by atoms with Crippen LogP contribution in [0, 0.1) is 13.8 Å². The largest absolute Gasteiger partial charge is 0.488 e. The van der Waals surface area contributed by atoms with Crippen LogP contribution in [0.3, 0.4) is 0 Å². The van der Waals surface area contributed by atoms with Gasteiger partial charge in [-0.25, -0.2) is 0 Å². The molecule has 2 atom stereocenters. The maximum absolute atomic E-state index is 5.93. The molecule has 1 aromatic carbocycles. The van der Waals surface area contributed by atoms with Crippen LogP contribution in [0.2, 0.25) is 0 Å². The average Bonchev–Trinajstić information content (AvgIpc) is 2.56. The molecule has 82 valence electrons. The average molecular weight is 205 g/mol. The molecule has 0 amide bonds. The second-order valence-electron chi connectivity index (χ2n) is 4.31. The van der Waals surface area contributed by atoms with Crippen molar-refractivity contribution in [2.24, 2.45) is 0 Å². The molecule has 0 aliphatic carbocycles. The number of rotatable bonds is 2. The Hall–Kier alpha value is -1.02. The van der Waals surface area contributed by atoms with Gasteiger partial charge >= 0.3 is 0 Å². The summed E-state index contributed by atoms with van der Waals surface area (Å²) in [6.07, 6.45) is 1.32. The lowest BCUT2D eigenvalue weighted by molar-refractivity contribution is 0.189. The van der Waals surface area contributed by atoms with E-state index in [0.717, 1.165) is 12.2 Å². The van der Waals surface area contributed by atoms with E-state index in [0.29, 0.717) is 6.04 Å². The summed E-state index contributed by atoms with van der Waals surface area (Å²) in [5, 5.41) is 3.34. The van der Waals surface area contributed by atoms with Crippen LogP contribution in [0.5, 0.6) is 5.75 Å². The zero-order valence-electron chi connectivity index (χ0n) is 9.92. The predicted molar refractivity (Wildman–Crippen MR) is 62.4 cm³/mol. The molecule has 0 bridgehead atoms. The highest BCUT2D eigenvalue weighted by Gasteiger charge is 2.32. The number of likely N-dealkylation sites (N-methyl/N-ethyl adjacent to an activating group) is 1. The van der Waals surface area contributed by atoms with Gasteiger partial charge in [-0.15, -0.1) is 0 Å². The van der Waals surface area contributed by atoms with Gasteiger partial charge in [0.1, 0.15) is 11.9 Å². The van der Waals surface area contributed by atoms with E-state index in [1.807, 2.05) is 7.05 Å². The van der Waals surface area contributed by atoms with Gasteiger partial charge in [0.05, 0.1) is 6.04 Å². The van der Waals surface area contributed by atoms with Crippen LogP contribution in [-0.2, 0) is 0 Å². The van der Waals surface area contributed by atoms with Crippen LogP contribution in [0.4, 0.5) is 0 Å². The smallest absolute Gasteiger partial charge is 0.125 e. The third-order valence-corrected chi connectivity index (χ3v) is 3.32. The fourth-order valence-corrected chi connectivity index (χ4v) is 2.25. The lowest BCUT2D eigenvalue weighted by atomic mass is 9.98. The predicted octanol–water partition coefficient (Wildman–Crippen LogP) is 2.73. The summed E-state index contributed by atoms with van der Waals surface area (Å²) in [5.41, 5.74) is 3.96. The summed E-state index contributed by atoms with van der Waals surface area (Å²) in [6.45, 7) is 6.45. The maximum Gasteiger partial charge on any atom is 0.125 e. The molecule has 0 aromatic heterocycles. The molecule has 0 radical (unpaired) electrons. The van der Waals surface area contributed by atoms with E-state index in [1.165, 1.54) is 16.7 Å². The molecule has 1 aromatic rings. The summed E-state index contributed by atoms with van der Waals surface area (Å²) in [7, 11) is 2.00. The van der Waals surface area contributed by atoms with Gasteiger partial charge in [0.25, 0.3) is 0 Å². The monoisotopic (exact) mass is 205 g/mol. The molecule has 2 unspecified atom stereocenters. The Morgan fingerprint density at radius 2 is 1.93 bits per heavy atom. The van der Waals surface area contributed by atoms with Gasteiger partial charge < -0.3 is 10.1 Å². The molecular formula is C13H19NO. The molecule has 1 N–H and O–H groups in total. The molecule has 0 fully saturated rings. The first-order valence-corrected chi connectivity index (χ1v) is 5.62. The van der Waals surface area contributed by atoms with Gasteiger partial charge in [-0.3, -0.25) is 0 Å². The standard InChI is InChI=1S/C13H19NO/c1-5-11-13(14-4)10-6-8(2)9(3)7-12(10)15-11/h6-7,11,13-14H,5H2,1-4H3. The lowest BCUT2D eigenvalue weighted by Gasteiger charge is -2.16. The Labute approximate surface area is 91.6 Å².